The first-order valence-corrected chi connectivity index (χ1v) is 9.63. The van der Waals surface area contributed by atoms with Gasteiger partial charge in [-0.05, 0) is 57.6 Å². The van der Waals surface area contributed by atoms with Crippen LogP contribution in [0.15, 0.2) is 46.3 Å². The van der Waals surface area contributed by atoms with Crippen LogP contribution in [0.2, 0.25) is 0 Å². The molecular formula is C18H17BrN4O2S. The molecule has 0 bridgehead atoms. The molecule has 0 fully saturated rings. The highest BCUT2D eigenvalue weighted by molar-refractivity contribution is 9.10. The van der Waals surface area contributed by atoms with E-state index >= 15 is 0 Å². The van der Waals surface area contributed by atoms with Crippen LogP contribution in [0.5, 0.6) is 0 Å². The van der Waals surface area contributed by atoms with E-state index in [2.05, 4.69) is 36.8 Å². The largest absolute Gasteiger partial charge is 0.321 e. The standard InChI is InChI=1S/C18H17BrN4O2S/c1-10(2)15-14(19)16(23-22-15)18(25)21-12-7-5-11(6-8-12)20-17(24)13-4-3-9-26-13/h3-10H,1-2H3,(H,20,24)(H,21,25)(H,22,23). The molecule has 2 amide bonds. The molecule has 2 heterocycles. The Labute approximate surface area is 163 Å². The van der Waals surface area contributed by atoms with Gasteiger partial charge in [-0.25, -0.2) is 0 Å². The molecule has 6 nitrogen and oxygen atoms in total. The third kappa shape index (κ3) is 4.03. The van der Waals surface area contributed by atoms with Crippen molar-refractivity contribution in [1.82, 2.24) is 10.2 Å². The SMILES string of the molecule is CC(C)c1[nH]nc(C(=O)Nc2ccc(NC(=O)c3cccs3)cc2)c1Br. The van der Waals surface area contributed by atoms with Crippen molar-refractivity contribution < 1.29 is 9.59 Å². The van der Waals surface area contributed by atoms with Crippen molar-refractivity contribution in [2.45, 2.75) is 19.8 Å². The molecule has 2 aromatic heterocycles. The van der Waals surface area contributed by atoms with Crippen LogP contribution in [0.25, 0.3) is 0 Å². The zero-order valence-corrected chi connectivity index (χ0v) is 16.6. The van der Waals surface area contributed by atoms with Crippen molar-refractivity contribution in [1.29, 1.82) is 0 Å². The number of amides is 2. The predicted molar refractivity (Wildman–Crippen MR) is 107 cm³/mol. The highest BCUT2D eigenvalue weighted by atomic mass is 79.9. The van der Waals surface area contributed by atoms with Gasteiger partial charge in [-0.3, -0.25) is 14.7 Å². The molecule has 134 valence electrons. The summed E-state index contributed by atoms with van der Waals surface area (Å²) in [7, 11) is 0. The molecule has 0 spiro atoms. The van der Waals surface area contributed by atoms with Crippen LogP contribution in [0.3, 0.4) is 0 Å². The molecule has 0 saturated heterocycles. The van der Waals surface area contributed by atoms with Crippen LogP contribution in [0.4, 0.5) is 11.4 Å². The van der Waals surface area contributed by atoms with E-state index in [1.54, 1.807) is 30.3 Å². The second-order valence-corrected chi connectivity index (χ2v) is 7.66. The molecule has 0 radical (unpaired) electrons. The molecule has 26 heavy (non-hydrogen) atoms. The Morgan fingerprint density at radius 3 is 2.19 bits per heavy atom. The maximum atomic E-state index is 12.4. The van der Waals surface area contributed by atoms with E-state index in [-0.39, 0.29) is 17.7 Å². The smallest absolute Gasteiger partial charge is 0.277 e. The third-order valence-corrected chi connectivity index (χ3v) is 5.34. The third-order valence-electron chi connectivity index (χ3n) is 3.67. The Kier molecular flexibility index (Phi) is 5.53. The van der Waals surface area contributed by atoms with Gasteiger partial charge >= 0.3 is 0 Å². The van der Waals surface area contributed by atoms with Gasteiger partial charge in [-0.2, -0.15) is 5.10 Å². The Morgan fingerprint density at radius 2 is 1.69 bits per heavy atom. The van der Waals surface area contributed by atoms with E-state index in [4.69, 9.17) is 0 Å². The molecule has 0 aliphatic rings. The number of thiophene rings is 1. The zero-order valence-electron chi connectivity index (χ0n) is 14.2. The normalized spacial score (nSPS) is 10.8. The Balaban J connectivity index is 1.66. The number of benzene rings is 1. The first-order valence-electron chi connectivity index (χ1n) is 7.95. The van der Waals surface area contributed by atoms with Gasteiger partial charge in [-0.15, -0.1) is 11.3 Å². The van der Waals surface area contributed by atoms with Crippen LogP contribution in [-0.2, 0) is 0 Å². The number of nitrogens with zero attached hydrogens (tertiary/aromatic N) is 1. The summed E-state index contributed by atoms with van der Waals surface area (Å²) in [5, 5.41) is 14.4. The lowest BCUT2D eigenvalue weighted by atomic mass is 10.1. The number of aromatic nitrogens is 2. The quantitative estimate of drug-likeness (QED) is 0.537. The van der Waals surface area contributed by atoms with E-state index in [1.165, 1.54) is 11.3 Å². The van der Waals surface area contributed by atoms with Crippen LogP contribution < -0.4 is 10.6 Å². The van der Waals surface area contributed by atoms with Gasteiger partial charge in [0.15, 0.2) is 5.69 Å². The number of hydrogen-bond acceptors (Lipinski definition) is 4. The minimum absolute atomic E-state index is 0.154. The summed E-state index contributed by atoms with van der Waals surface area (Å²) in [6, 6.07) is 10.5. The Bertz CT molecular complexity index is 917. The van der Waals surface area contributed by atoms with E-state index in [0.29, 0.717) is 26.4 Å². The molecule has 0 unspecified atom stereocenters. The second kappa shape index (κ2) is 7.84. The first-order chi connectivity index (χ1) is 12.5. The van der Waals surface area contributed by atoms with Crippen molar-refractivity contribution in [2.24, 2.45) is 0 Å². The van der Waals surface area contributed by atoms with Gasteiger partial charge < -0.3 is 10.6 Å². The number of halogens is 1. The van der Waals surface area contributed by atoms with Crippen LogP contribution in [0, 0.1) is 0 Å². The fourth-order valence-electron chi connectivity index (χ4n) is 2.30. The van der Waals surface area contributed by atoms with Crippen molar-refractivity contribution in [3.05, 3.63) is 62.5 Å². The fraction of sp³-hybridized carbons (Fsp3) is 0.167. The average Bonchev–Trinajstić information content (AvgIpc) is 3.26. The van der Waals surface area contributed by atoms with Crippen molar-refractivity contribution in [3.63, 3.8) is 0 Å². The highest BCUT2D eigenvalue weighted by Crippen LogP contribution is 2.26. The molecule has 0 saturated carbocycles. The van der Waals surface area contributed by atoms with Crippen LogP contribution in [-0.4, -0.2) is 22.0 Å². The van der Waals surface area contributed by atoms with E-state index < -0.39 is 0 Å². The van der Waals surface area contributed by atoms with E-state index in [0.717, 1.165) is 5.69 Å². The number of hydrogen-bond donors (Lipinski definition) is 3. The van der Waals surface area contributed by atoms with Crippen LogP contribution >= 0.6 is 27.3 Å². The van der Waals surface area contributed by atoms with Crippen LogP contribution in [0.1, 0.15) is 45.6 Å². The first kappa shape index (κ1) is 18.3. The number of aromatic amines is 1. The summed E-state index contributed by atoms with van der Waals surface area (Å²) in [5.41, 5.74) is 2.46. The maximum Gasteiger partial charge on any atom is 0.277 e. The monoisotopic (exact) mass is 432 g/mol. The summed E-state index contributed by atoms with van der Waals surface area (Å²) in [5.74, 6) is -0.237. The number of carbonyl (C=O) groups excluding carboxylic acids is 2. The number of rotatable bonds is 5. The molecule has 3 aromatic rings. The lowest BCUT2D eigenvalue weighted by Crippen LogP contribution is -2.13. The van der Waals surface area contributed by atoms with E-state index in [1.807, 2.05) is 25.3 Å². The summed E-state index contributed by atoms with van der Waals surface area (Å²) in [6.45, 7) is 4.03. The zero-order chi connectivity index (χ0) is 18.7. The molecule has 8 heteroatoms. The number of H-pyrrole nitrogens is 1. The molecular weight excluding hydrogens is 416 g/mol. The number of anilines is 2. The topological polar surface area (TPSA) is 86.9 Å². The van der Waals surface area contributed by atoms with Gasteiger partial charge in [0, 0.05) is 11.4 Å². The van der Waals surface area contributed by atoms with Gasteiger partial charge in [0.25, 0.3) is 11.8 Å². The lowest BCUT2D eigenvalue weighted by molar-refractivity contribution is 0.101. The van der Waals surface area contributed by atoms with Crippen molar-refractivity contribution in [3.8, 4) is 0 Å². The minimum Gasteiger partial charge on any atom is -0.321 e. The molecule has 0 aliphatic heterocycles. The predicted octanol–water partition coefficient (Wildman–Crippen LogP) is 4.86. The van der Waals surface area contributed by atoms with E-state index in [9.17, 15) is 9.59 Å². The molecule has 1 aromatic carbocycles. The summed E-state index contributed by atoms with van der Waals surface area (Å²) in [6.07, 6.45) is 0. The molecule has 0 aliphatic carbocycles. The summed E-state index contributed by atoms with van der Waals surface area (Å²) >= 11 is 4.80. The minimum atomic E-state index is -0.310. The molecule has 0 atom stereocenters. The Morgan fingerprint density at radius 1 is 1.08 bits per heavy atom. The van der Waals surface area contributed by atoms with Crippen molar-refractivity contribution >= 4 is 50.5 Å². The fourth-order valence-corrected chi connectivity index (χ4v) is 3.74. The van der Waals surface area contributed by atoms with Gasteiger partial charge in [0.2, 0.25) is 0 Å². The molecule has 3 rings (SSSR count). The van der Waals surface area contributed by atoms with Gasteiger partial charge in [0.05, 0.1) is 15.0 Å². The molecule has 3 N–H and O–H groups in total. The second-order valence-electron chi connectivity index (χ2n) is 5.92. The highest BCUT2D eigenvalue weighted by Gasteiger charge is 2.19. The summed E-state index contributed by atoms with van der Waals surface area (Å²) in [4.78, 5) is 25.1. The number of nitrogens with one attached hydrogen (secondary N) is 3. The average molecular weight is 433 g/mol. The maximum absolute atomic E-state index is 12.4. The Hall–Kier alpha value is -2.45. The van der Waals surface area contributed by atoms with Gasteiger partial charge in [-0.1, -0.05) is 19.9 Å². The van der Waals surface area contributed by atoms with Crippen molar-refractivity contribution in [2.75, 3.05) is 10.6 Å². The summed E-state index contributed by atoms with van der Waals surface area (Å²) < 4.78 is 0.671. The number of carbonyl (C=O) groups is 2. The lowest BCUT2D eigenvalue weighted by Gasteiger charge is -2.07. The van der Waals surface area contributed by atoms with Gasteiger partial charge in [0.1, 0.15) is 0 Å².